The molecular weight excluding hydrogens is 576 g/mol. The first kappa shape index (κ1) is 37.5. The Labute approximate surface area is 274 Å². The van der Waals surface area contributed by atoms with E-state index in [1.807, 2.05) is 0 Å². The minimum Gasteiger partial charge on any atom is -0.380 e. The minimum absolute atomic E-state index is 0.144. The van der Waals surface area contributed by atoms with E-state index in [0.29, 0.717) is 66.1 Å². The Morgan fingerprint density at radius 3 is 0.756 bits per heavy atom. The number of hydrogen-bond donors (Lipinski definition) is 0. The van der Waals surface area contributed by atoms with Crippen LogP contribution >= 0.6 is 0 Å². The first-order valence-electron chi connectivity index (χ1n) is 17.9. The van der Waals surface area contributed by atoms with Crippen molar-refractivity contribution in [3.05, 3.63) is 0 Å². The molecule has 0 aliphatic carbocycles. The highest BCUT2D eigenvalue weighted by Gasteiger charge is 2.43. The quantitative estimate of drug-likeness (QED) is 0.120. The summed E-state index contributed by atoms with van der Waals surface area (Å²) in [7, 11) is 0. The summed E-state index contributed by atoms with van der Waals surface area (Å²) < 4.78 is 54.8. The van der Waals surface area contributed by atoms with Gasteiger partial charge in [-0.15, -0.1) is 0 Å². The Hall–Kier alpha value is -0.360. The fraction of sp³-hybridized carbons (Fsp3) is 1.00. The molecule has 0 aromatic carbocycles. The fourth-order valence-corrected chi connectivity index (χ4v) is 6.40. The van der Waals surface area contributed by atoms with Crippen molar-refractivity contribution in [2.24, 2.45) is 32.5 Å². The SMILES string of the molecule is CCC1(COCC(CC)(COCC2(CC)COC2)COCC(CC)(COCC2(CC)COC2)COCC2(CC)COC2)COC1. The fourth-order valence-electron chi connectivity index (χ4n) is 6.40. The van der Waals surface area contributed by atoms with Gasteiger partial charge in [-0.3, -0.25) is 0 Å². The van der Waals surface area contributed by atoms with Crippen LogP contribution in [0.5, 0.6) is 0 Å². The van der Waals surface area contributed by atoms with Crippen LogP contribution in [0.4, 0.5) is 0 Å². The molecule has 9 nitrogen and oxygen atoms in total. The van der Waals surface area contributed by atoms with Crippen molar-refractivity contribution in [1.29, 1.82) is 0 Å². The molecule has 4 aliphatic rings. The number of rotatable bonds is 26. The lowest BCUT2D eigenvalue weighted by atomic mass is 9.83. The monoisotopic (exact) mass is 642 g/mol. The van der Waals surface area contributed by atoms with Gasteiger partial charge in [-0.25, -0.2) is 0 Å². The average molecular weight is 643 g/mol. The van der Waals surface area contributed by atoms with Crippen molar-refractivity contribution < 1.29 is 42.6 Å². The summed E-state index contributed by atoms with van der Waals surface area (Å²) >= 11 is 0. The van der Waals surface area contributed by atoms with E-state index < -0.39 is 0 Å². The summed E-state index contributed by atoms with van der Waals surface area (Å²) in [6, 6.07) is 0. The standard InChI is InChI=1S/C36H66O9/c1-7-31(13-37-14-31)21-41-25-35(11-5,26-42-22-32(8-2)15-38-16-32)29-45-30-36(12-6,27-43-23-33(9-3)17-39-18-33)28-44-24-34(10-4)19-40-20-34/h7-30H2,1-6H3. The molecule has 0 bridgehead atoms. The molecule has 0 amide bonds. The second-order valence-corrected chi connectivity index (χ2v) is 15.6. The second kappa shape index (κ2) is 16.8. The molecule has 4 rings (SSSR count). The molecule has 0 radical (unpaired) electrons. The molecule has 0 spiro atoms. The number of ether oxygens (including phenoxy) is 9. The summed E-state index contributed by atoms with van der Waals surface area (Å²) in [5, 5.41) is 0. The van der Waals surface area contributed by atoms with Gasteiger partial charge in [0.15, 0.2) is 0 Å². The molecule has 0 atom stereocenters. The van der Waals surface area contributed by atoms with E-state index in [-0.39, 0.29) is 32.5 Å². The Morgan fingerprint density at radius 1 is 0.378 bits per heavy atom. The summed E-state index contributed by atoms with van der Waals surface area (Å²) in [6.07, 6.45) is 6.06. The predicted octanol–water partition coefficient (Wildman–Crippen LogP) is 5.57. The molecule has 0 saturated carbocycles. The second-order valence-electron chi connectivity index (χ2n) is 15.6. The lowest BCUT2D eigenvalue weighted by molar-refractivity contribution is -0.187. The molecule has 0 aromatic heterocycles. The predicted molar refractivity (Wildman–Crippen MR) is 174 cm³/mol. The van der Waals surface area contributed by atoms with E-state index in [0.717, 1.165) is 91.4 Å². The lowest BCUT2D eigenvalue weighted by Gasteiger charge is -2.44. The third kappa shape index (κ3) is 9.42. The first-order valence-corrected chi connectivity index (χ1v) is 17.9. The molecule has 264 valence electrons. The van der Waals surface area contributed by atoms with Crippen molar-refractivity contribution >= 4 is 0 Å². The zero-order chi connectivity index (χ0) is 32.3. The zero-order valence-electron chi connectivity index (χ0n) is 29.6. The largest absolute Gasteiger partial charge is 0.380 e. The molecule has 4 saturated heterocycles. The Balaban J connectivity index is 1.38. The van der Waals surface area contributed by atoms with Crippen LogP contribution in [0, 0.1) is 32.5 Å². The van der Waals surface area contributed by atoms with E-state index in [9.17, 15) is 0 Å². The molecule has 0 N–H and O–H groups in total. The molecule has 4 heterocycles. The average Bonchev–Trinajstić information content (AvgIpc) is 2.98. The summed E-state index contributed by atoms with van der Waals surface area (Å²) in [4.78, 5) is 0. The van der Waals surface area contributed by atoms with E-state index in [1.165, 1.54) is 0 Å². The van der Waals surface area contributed by atoms with Crippen LogP contribution in [0.3, 0.4) is 0 Å². The van der Waals surface area contributed by atoms with Gasteiger partial charge in [0.1, 0.15) is 0 Å². The van der Waals surface area contributed by atoms with E-state index in [2.05, 4.69) is 41.5 Å². The minimum atomic E-state index is -0.245. The van der Waals surface area contributed by atoms with Gasteiger partial charge in [-0.2, -0.15) is 0 Å². The third-order valence-electron chi connectivity index (χ3n) is 11.8. The first-order chi connectivity index (χ1) is 21.7. The van der Waals surface area contributed by atoms with Gasteiger partial charge in [0.25, 0.3) is 0 Å². The van der Waals surface area contributed by atoms with Gasteiger partial charge in [0, 0.05) is 32.5 Å². The molecule has 0 aromatic rings. The van der Waals surface area contributed by atoms with Crippen molar-refractivity contribution in [2.45, 2.75) is 80.1 Å². The van der Waals surface area contributed by atoms with Crippen LogP contribution in [0.2, 0.25) is 0 Å². The van der Waals surface area contributed by atoms with Crippen molar-refractivity contribution in [2.75, 3.05) is 119 Å². The maximum atomic E-state index is 6.72. The maximum Gasteiger partial charge on any atom is 0.0566 e. The van der Waals surface area contributed by atoms with Crippen molar-refractivity contribution in [1.82, 2.24) is 0 Å². The topological polar surface area (TPSA) is 83.1 Å². The molecule has 45 heavy (non-hydrogen) atoms. The molecular formula is C36H66O9. The van der Waals surface area contributed by atoms with Crippen molar-refractivity contribution in [3.63, 3.8) is 0 Å². The Kier molecular flexibility index (Phi) is 14.0. The smallest absolute Gasteiger partial charge is 0.0566 e. The van der Waals surface area contributed by atoms with Crippen LogP contribution in [-0.2, 0) is 42.6 Å². The van der Waals surface area contributed by atoms with Crippen molar-refractivity contribution in [3.8, 4) is 0 Å². The van der Waals surface area contributed by atoms with E-state index in [1.54, 1.807) is 0 Å². The summed E-state index contributed by atoms with van der Waals surface area (Å²) in [5.74, 6) is 0. The molecule has 4 aliphatic heterocycles. The summed E-state index contributed by atoms with van der Waals surface area (Å²) in [5.41, 5.74) is 0.0877. The Bertz CT molecular complexity index is 701. The van der Waals surface area contributed by atoms with Crippen LogP contribution in [-0.4, -0.2) is 119 Å². The van der Waals surface area contributed by atoms with Gasteiger partial charge in [0.2, 0.25) is 0 Å². The lowest BCUT2D eigenvalue weighted by Crippen LogP contribution is -2.49. The van der Waals surface area contributed by atoms with Crippen LogP contribution < -0.4 is 0 Å². The molecule has 9 heteroatoms. The van der Waals surface area contributed by atoms with E-state index >= 15 is 0 Å². The summed E-state index contributed by atoms with van der Waals surface area (Å²) in [6.45, 7) is 26.0. The van der Waals surface area contributed by atoms with Gasteiger partial charge >= 0.3 is 0 Å². The van der Waals surface area contributed by atoms with Gasteiger partial charge in [0.05, 0.1) is 119 Å². The third-order valence-corrected chi connectivity index (χ3v) is 11.8. The molecule has 0 unspecified atom stereocenters. The van der Waals surface area contributed by atoms with Crippen LogP contribution in [0.25, 0.3) is 0 Å². The van der Waals surface area contributed by atoms with Gasteiger partial charge < -0.3 is 42.6 Å². The molecule has 4 fully saturated rings. The highest BCUT2D eigenvalue weighted by molar-refractivity contribution is 4.89. The van der Waals surface area contributed by atoms with Gasteiger partial charge in [-0.1, -0.05) is 41.5 Å². The highest BCUT2D eigenvalue weighted by Crippen LogP contribution is 2.37. The van der Waals surface area contributed by atoms with Gasteiger partial charge in [-0.05, 0) is 38.5 Å². The Morgan fingerprint density at radius 2 is 0.600 bits per heavy atom. The number of hydrogen-bond acceptors (Lipinski definition) is 9. The highest BCUT2D eigenvalue weighted by atomic mass is 16.5. The normalized spacial score (nSPS) is 23.1. The maximum absolute atomic E-state index is 6.72. The van der Waals surface area contributed by atoms with Crippen LogP contribution in [0.1, 0.15) is 80.1 Å². The van der Waals surface area contributed by atoms with Crippen LogP contribution in [0.15, 0.2) is 0 Å². The van der Waals surface area contributed by atoms with E-state index in [4.69, 9.17) is 42.6 Å². The zero-order valence-corrected chi connectivity index (χ0v) is 29.6.